The second kappa shape index (κ2) is 5.72. The highest BCUT2D eigenvalue weighted by Gasteiger charge is 2.31. The first kappa shape index (κ1) is 12.7. The molecule has 0 N–H and O–H groups in total. The zero-order valence-electron chi connectivity index (χ0n) is 11.2. The molecule has 2 heteroatoms. The molecule has 0 aromatic carbocycles. The van der Waals surface area contributed by atoms with Gasteiger partial charge in [0.1, 0.15) is 0 Å². The minimum Gasteiger partial charge on any atom is -0.472 e. The Hall–Kier alpha value is -0.760. The molecule has 96 valence electrons. The highest BCUT2D eigenvalue weighted by atomic mass is 16.5. The zero-order chi connectivity index (χ0) is 12.3. The first-order valence-electron chi connectivity index (χ1n) is 6.79. The summed E-state index contributed by atoms with van der Waals surface area (Å²) in [6.45, 7) is 7.66. The van der Waals surface area contributed by atoms with E-state index < -0.39 is 0 Å². The molecule has 0 saturated heterocycles. The highest BCUT2D eigenvalue weighted by molar-refractivity contribution is 5.03. The molecule has 0 bridgehead atoms. The molecule has 0 unspecified atom stereocenters. The molecule has 0 aliphatic heterocycles. The molecule has 3 atom stereocenters. The number of furan rings is 1. The van der Waals surface area contributed by atoms with Gasteiger partial charge in [-0.1, -0.05) is 27.2 Å². The van der Waals surface area contributed by atoms with Crippen LogP contribution in [0.5, 0.6) is 0 Å². The van der Waals surface area contributed by atoms with E-state index in [0.717, 1.165) is 23.3 Å². The summed E-state index contributed by atoms with van der Waals surface area (Å²) in [5.74, 6) is 2.24. The maximum Gasteiger partial charge on any atom is 0.0957 e. The second-order valence-corrected chi connectivity index (χ2v) is 5.81. The summed E-state index contributed by atoms with van der Waals surface area (Å²) in [6, 6.07) is 1.98. The molecule has 0 radical (unpaired) electrons. The third-order valence-electron chi connectivity index (χ3n) is 4.01. The summed E-state index contributed by atoms with van der Waals surface area (Å²) in [4.78, 5) is 0. The summed E-state index contributed by atoms with van der Waals surface area (Å²) >= 11 is 0. The summed E-state index contributed by atoms with van der Waals surface area (Å²) < 4.78 is 11.2. The number of hydrogen-bond acceptors (Lipinski definition) is 2. The zero-order valence-corrected chi connectivity index (χ0v) is 11.2. The van der Waals surface area contributed by atoms with Crippen molar-refractivity contribution in [3.63, 3.8) is 0 Å². The van der Waals surface area contributed by atoms with Crippen molar-refractivity contribution in [1.29, 1.82) is 0 Å². The van der Waals surface area contributed by atoms with Crippen LogP contribution in [-0.4, -0.2) is 6.10 Å². The Kier molecular flexibility index (Phi) is 4.27. The third kappa shape index (κ3) is 3.35. The van der Waals surface area contributed by atoms with Crippen LogP contribution < -0.4 is 0 Å². The van der Waals surface area contributed by atoms with E-state index in [1.165, 1.54) is 19.3 Å². The first-order chi connectivity index (χ1) is 8.16. The van der Waals surface area contributed by atoms with Gasteiger partial charge in [-0.3, -0.25) is 0 Å². The summed E-state index contributed by atoms with van der Waals surface area (Å²) in [6.07, 6.45) is 7.79. The molecule has 1 aromatic heterocycles. The van der Waals surface area contributed by atoms with Gasteiger partial charge in [0.05, 0.1) is 25.2 Å². The van der Waals surface area contributed by atoms with Gasteiger partial charge in [0.25, 0.3) is 0 Å². The van der Waals surface area contributed by atoms with E-state index >= 15 is 0 Å². The SMILES string of the molecule is CC(C)[C@H]1CC[C@H](C)C[C@@H]1OCc1ccoc1. The van der Waals surface area contributed by atoms with E-state index in [-0.39, 0.29) is 0 Å². The molecule has 1 aliphatic carbocycles. The standard InChI is InChI=1S/C15H24O2/c1-11(2)14-5-4-12(3)8-15(14)17-10-13-6-7-16-9-13/h6-7,9,11-12,14-15H,4-5,8,10H2,1-3H3/t12-,14+,15-/m0/s1. The fourth-order valence-electron chi connectivity index (χ4n) is 2.88. The average molecular weight is 236 g/mol. The van der Waals surface area contributed by atoms with Crippen molar-refractivity contribution in [1.82, 2.24) is 0 Å². The van der Waals surface area contributed by atoms with Crippen LogP contribution in [0, 0.1) is 17.8 Å². The van der Waals surface area contributed by atoms with Crippen LogP contribution in [0.3, 0.4) is 0 Å². The third-order valence-corrected chi connectivity index (χ3v) is 4.01. The Balaban J connectivity index is 1.90. The Labute approximate surface area is 104 Å². The van der Waals surface area contributed by atoms with E-state index in [9.17, 15) is 0 Å². The molecule has 1 saturated carbocycles. The van der Waals surface area contributed by atoms with Gasteiger partial charge in [-0.2, -0.15) is 0 Å². The van der Waals surface area contributed by atoms with Crippen LogP contribution in [0.2, 0.25) is 0 Å². The topological polar surface area (TPSA) is 22.4 Å². The van der Waals surface area contributed by atoms with Crippen molar-refractivity contribution >= 4 is 0 Å². The molecule has 0 spiro atoms. The van der Waals surface area contributed by atoms with Gasteiger partial charge < -0.3 is 9.15 Å². The molecular weight excluding hydrogens is 212 g/mol. The normalized spacial score (nSPS) is 29.8. The molecule has 1 aliphatic rings. The number of rotatable bonds is 4. The lowest BCUT2D eigenvalue weighted by molar-refractivity contribution is -0.0473. The first-order valence-corrected chi connectivity index (χ1v) is 6.79. The fraction of sp³-hybridized carbons (Fsp3) is 0.733. The van der Waals surface area contributed by atoms with Crippen LogP contribution in [0.4, 0.5) is 0 Å². The van der Waals surface area contributed by atoms with Crippen molar-refractivity contribution in [2.45, 2.75) is 52.7 Å². The monoisotopic (exact) mass is 236 g/mol. The minimum atomic E-state index is 0.425. The van der Waals surface area contributed by atoms with Crippen LogP contribution >= 0.6 is 0 Å². The lowest BCUT2D eigenvalue weighted by atomic mass is 9.75. The van der Waals surface area contributed by atoms with E-state index in [1.807, 2.05) is 6.07 Å². The molecule has 1 heterocycles. The van der Waals surface area contributed by atoms with E-state index in [0.29, 0.717) is 12.7 Å². The predicted molar refractivity (Wildman–Crippen MR) is 68.6 cm³/mol. The van der Waals surface area contributed by atoms with E-state index in [4.69, 9.17) is 9.15 Å². The Morgan fingerprint density at radius 2 is 2.24 bits per heavy atom. The Bertz CT molecular complexity index is 316. The van der Waals surface area contributed by atoms with Gasteiger partial charge >= 0.3 is 0 Å². The van der Waals surface area contributed by atoms with E-state index in [2.05, 4.69) is 20.8 Å². The maximum absolute atomic E-state index is 6.11. The highest BCUT2D eigenvalue weighted by Crippen LogP contribution is 2.35. The molecular formula is C15H24O2. The number of ether oxygens (including phenoxy) is 1. The fourth-order valence-corrected chi connectivity index (χ4v) is 2.88. The Morgan fingerprint density at radius 1 is 1.41 bits per heavy atom. The molecule has 2 nitrogen and oxygen atoms in total. The van der Waals surface area contributed by atoms with Crippen molar-refractivity contribution < 1.29 is 9.15 Å². The van der Waals surface area contributed by atoms with Crippen molar-refractivity contribution in [2.75, 3.05) is 0 Å². The summed E-state index contributed by atoms with van der Waals surface area (Å²) in [5, 5.41) is 0. The van der Waals surface area contributed by atoms with Gasteiger partial charge in [-0.05, 0) is 36.7 Å². The Morgan fingerprint density at radius 3 is 2.88 bits per heavy atom. The van der Waals surface area contributed by atoms with Crippen LogP contribution in [0.25, 0.3) is 0 Å². The predicted octanol–water partition coefficient (Wildman–Crippen LogP) is 4.26. The van der Waals surface area contributed by atoms with Gasteiger partial charge in [0, 0.05) is 5.56 Å². The average Bonchev–Trinajstić information content (AvgIpc) is 2.78. The largest absolute Gasteiger partial charge is 0.472 e. The molecule has 1 aromatic rings. The molecule has 0 amide bonds. The van der Waals surface area contributed by atoms with Crippen molar-refractivity contribution in [3.05, 3.63) is 24.2 Å². The van der Waals surface area contributed by atoms with Gasteiger partial charge in [0.2, 0.25) is 0 Å². The van der Waals surface area contributed by atoms with Gasteiger partial charge in [-0.15, -0.1) is 0 Å². The maximum atomic E-state index is 6.11. The van der Waals surface area contributed by atoms with Crippen molar-refractivity contribution in [2.24, 2.45) is 17.8 Å². The van der Waals surface area contributed by atoms with Crippen LogP contribution in [0.15, 0.2) is 23.0 Å². The summed E-state index contributed by atoms with van der Waals surface area (Å²) in [5.41, 5.74) is 1.14. The van der Waals surface area contributed by atoms with Gasteiger partial charge in [0.15, 0.2) is 0 Å². The van der Waals surface area contributed by atoms with E-state index in [1.54, 1.807) is 12.5 Å². The smallest absolute Gasteiger partial charge is 0.0957 e. The lowest BCUT2D eigenvalue weighted by Gasteiger charge is -2.37. The van der Waals surface area contributed by atoms with Crippen LogP contribution in [0.1, 0.15) is 45.6 Å². The van der Waals surface area contributed by atoms with Crippen molar-refractivity contribution in [3.8, 4) is 0 Å². The molecule has 2 rings (SSSR count). The summed E-state index contributed by atoms with van der Waals surface area (Å²) in [7, 11) is 0. The quantitative estimate of drug-likeness (QED) is 0.779. The number of hydrogen-bond donors (Lipinski definition) is 0. The van der Waals surface area contributed by atoms with Crippen LogP contribution in [-0.2, 0) is 11.3 Å². The molecule has 1 fully saturated rings. The second-order valence-electron chi connectivity index (χ2n) is 5.81. The van der Waals surface area contributed by atoms with Gasteiger partial charge in [-0.25, -0.2) is 0 Å². The minimum absolute atomic E-state index is 0.425. The lowest BCUT2D eigenvalue weighted by Crippen LogP contribution is -2.34. The molecule has 17 heavy (non-hydrogen) atoms.